The van der Waals surface area contributed by atoms with Gasteiger partial charge in [-0.25, -0.2) is 9.37 Å². The van der Waals surface area contributed by atoms with Crippen LogP contribution >= 0.6 is 10.6 Å². The van der Waals surface area contributed by atoms with Crippen molar-refractivity contribution in [3.05, 3.63) is 58.7 Å². The summed E-state index contributed by atoms with van der Waals surface area (Å²) < 4.78 is 36.1. The van der Waals surface area contributed by atoms with Crippen LogP contribution < -0.4 is 11.1 Å². The highest BCUT2D eigenvalue weighted by Gasteiger charge is 2.60. The summed E-state index contributed by atoms with van der Waals surface area (Å²) in [6.07, 6.45) is 3.22. The first-order valence-corrected chi connectivity index (χ1v) is 13.0. The lowest BCUT2D eigenvalue weighted by atomic mass is 9.91. The van der Waals surface area contributed by atoms with Crippen molar-refractivity contribution in [1.82, 2.24) is 9.88 Å². The van der Waals surface area contributed by atoms with Crippen LogP contribution in [-0.2, 0) is 5.54 Å². The zero-order chi connectivity index (χ0) is 25.2. The minimum absolute atomic E-state index is 0.106. The van der Waals surface area contributed by atoms with Gasteiger partial charge in [0.1, 0.15) is 33.7 Å². The van der Waals surface area contributed by atoms with E-state index in [1.165, 1.54) is 24.4 Å². The van der Waals surface area contributed by atoms with E-state index in [-0.39, 0.29) is 28.8 Å². The Morgan fingerprint density at radius 2 is 2.06 bits per heavy atom. The van der Waals surface area contributed by atoms with Crippen molar-refractivity contribution in [3.63, 3.8) is 0 Å². The lowest BCUT2D eigenvalue weighted by Gasteiger charge is -2.62. The molecule has 1 saturated heterocycles. The highest BCUT2D eigenvalue weighted by molar-refractivity contribution is 8.26. The third kappa shape index (κ3) is 3.87. The van der Waals surface area contributed by atoms with Crippen LogP contribution in [0.15, 0.2) is 35.5 Å². The zero-order valence-corrected chi connectivity index (χ0v) is 20.3. The summed E-state index contributed by atoms with van der Waals surface area (Å²) in [4.78, 5) is 23.7. The maximum atomic E-state index is 15.0. The molecule has 0 bridgehead atoms. The molecule has 1 spiro atoms. The Hall–Kier alpha value is -3.04. The molecule has 3 heterocycles. The van der Waals surface area contributed by atoms with E-state index in [1.807, 2.05) is 18.0 Å². The number of pyridine rings is 1. The molecule has 35 heavy (non-hydrogen) atoms. The third-order valence-corrected chi connectivity index (χ3v) is 9.76. The highest BCUT2D eigenvalue weighted by atomic mass is 32.3. The smallest absolute Gasteiger partial charge is 0.274 e. The number of rotatable bonds is 4. The van der Waals surface area contributed by atoms with Gasteiger partial charge in [-0.2, -0.15) is 15.9 Å². The molecular formula is C24H27FN6O3S. The first-order valence-electron chi connectivity index (χ1n) is 11.3. The molecule has 5 rings (SSSR count). The number of benzene rings is 1. The van der Waals surface area contributed by atoms with Crippen molar-refractivity contribution in [2.45, 2.75) is 36.0 Å². The summed E-state index contributed by atoms with van der Waals surface area (Å²) >= 11 is 0. The van der Waals surface area contributed by atoms with Gasteiger partial charge in [0.05, 0.1) is 11.3 Å². The molecule has 11 heteroatoms. The summed E-state index contributed by atoms with van der Waals surface area (Å²) in [6.45, 7) is 2.36. The monoisotopic (exact) mass is 498 g/mol. The van der Waals surface area contributed by atoms with Crippen molar-refractivity contribution in [3.8, 4) is 6.07 Å². The van der Waals surface area contributed by atoms with Gasteiger partial charge in [0.15, 0.2) is 0 Å². The average Bonchev–Trinajstić information content (AvgIpc) is 3.61. The number of aliphatic imine (C=N–C) groups is 1. The largest absolute Gasteiger partial charge is 0.386 e. The molecule has 184 valence electrons. The van der Waals surface area contributed by atoms with Gasteiger partial charge in [-0.3, -0.25) is 18.9 Å². The Morgan fingerprint density at radius 3 is 2.66 bits per heavy atom. The highest BCUT2D eigenvalue weighted by Crippen LogP contribution is 2.62. The molecular weight excluding hydrogens is 471 g/mol. The second-order valence-corrected chi connectivity index (χ2v) is 12.3. The number of carbonyl (C=O) groups excluding carboxylic acids is 1. The molecule has 1 aliphatic carbocycles. The van der Waals surface area contributed by atoms with Gasteiger partial charge in [0.25, 0.3) is 5.91 Å². The minimum Gasteiger partial charge on any atom is -0.386 e. The summed E-state index contributed by atoms with van der Waals surface area (Å²) in [5.74, 6) is -0.928. The van der Waals surface area contributed by atoms with Gasteiger partial charge in [-0.05, 0) is 62.6 Å². The van der Waals surface area contributed by atoms with Crippen LogP contribution in [0.1, 0.15) is 52.9 Å². The number of nitrogens with two attached hydrogens (primary N) is 1. The molecule has 2 fully saturated rings. The Balaban J connectivity index is 1.46. The number of nitrogens with one attached hydrogen (secondary N) is 1. The van der Waals surface area contributed by atoms with Crippen molar-refractivity contribution in [1.29, 1.82) is 5.26 Å². The Morgan fingerprint density at radius 1 is 1.34 bits per heavy atom. The number of amides is 1. The van der Waals surface area contributed by atoms with E-state index >= 15 is 4.39 Å². The molecule has 1 aromatic carbocycles. The Bertz CT molecular complexity index is 1300. The number of nitrogens with zero attached hydrogens (tertiary/aromatic N) is 4. The molecule has 1 amide bonds. The normalized spacial score (nSPS) is 25.8. The molecule has 5 N–H and O–H groups in total. The van der Waals surface area contributed by atoms with E-state index in [4.69, 9.17) is 5.73 Å². The Labute approximate surface area is 204 Å². The fourth-order valence-electron chi connectivity index (χ4n) is 5.07. The predicted molar refractivity (Wildman–Crippen MR) is 132 cm³/mol. The van der Waals surface area contributed by atoms with Gasteiger partial charge in [-0.1, -0.05) is 0 Å². The number of carbonyl (C=O) groups is 1. The molecule has 2 aliphatic heterocycles. The fourth-order valence-corrected chi connectivity index (χ4v) is 7.59. The van der Waals surface area contributed by atoms with Crippen molar-refractivity contribution in [2.24, 2.45) is 10.7 Å². The molecule has 0 radical (unpaired) electrons. The number of halogens is 1. The minimum atomic E-state index is -3.22. The number of amidine groups is 1. The van der Waals surface area contributed by atoms with E-state index in [0.29, 0.717) is 24.3 Å². The summed E-state index contributed by atoms with van der Waals surface area (Å²) in [5, 5.41) is 11.9. The van der Waals surface area contributed by atoms with Gasteiger partial charge in [-0.15, -0.1) is 0 Å². The zero-order valence-electron chi connectivity index (χ0n) is 19.5. The van der Waals surface area contributed by atoms with Crippen molar-refractivity contribution >= 4 is 28.0 Å². The maximum Gasteiger partial charge on any atom is 0.274 e. The van der Waals surface area contributed by atoms with Crippen molar-refractivity contribution < 1.29 is 18.3 Å². The van der Waals surface area contributed by atoms with E-state index < -0.39 is 32.6 Å². The molecule has 1 saturated carbocycles. The lowest BCUT2D eigenvalue weighted by molar-refractivity contribution is 0.102. The number of anilines is 1. The standard InChI is InChI=1S/C24H27FN6O3S/c1-23(13-35(33,34)24(22(27)30-23)11-31(2)12-24)18-8-16(5-6-19(18)25)29-21(32)20-17(15-3-4-15)7-14(9-26)10-28-20/h5-8,10,15,33-34H,3-4,11-13H2,1-2H3,(H2,27,30)(H,29,32)/t23-/m0/s1. The van der Waals surface area contributed by atoms with Crippen LogP contribution in [0.5, 0.6) is 0 Å². The fraction of sp³-hybridized carbons (Fsp3) is 0.417. The van der Waals surface area contributed by atoms with Crippen LogP contribution in [0.3, 0.4) is 0 Å². The molecule has 0 unspecified atom stereocenters. The summed E-state index contributed by atoms with van der Waals surface area (Å²) in [5.41, 5.74) is 6.70. The van der Waals surface area contributed by atoms with E-state index in [2.05, 4.69) is 15.3 Å². The average molecular weight is 499 g/mol. The number of nitriles is 1. The summed E-state index contributed by atoms with van der Waals surface area (Å²) in [7, 11) is -1.37. The van der Waals surface area contributed by atoms with Gasteiger partial charge in [0, 0.05) is 30.5 Å². The lowest BCUT2D eigenvalue weighted by Crippen LogP contribution is -2.71. The number of aromatic nitrogens is 1. The van der Waals surface area contributed by atoms with Gasteiger partial charge >= 0.3 is 0 Å². The topological polar surface area (TPSA) is 148 Å². The van der Waals surface area contributed by atoms with Gasteiger partial charge in [0.2, 0.25) is 0 Å². The first kappa shape index (κ1) is 23.7. The van der Waals surface area contributed by atoms with E-state index in [0.717, 1.165) is 18.4 Å². The second-order valence-electron chi connectivity index (χ2n) is 9.95. The molecule has 1 aromatic heterocycles. The van der Waals surface area contributed by atoms with Gasteiger partial charge < -0.3 is 16.0 Å². The first-order chi connectivity index (χ1) is 16.5. The molecule has 9 nitrogen and oxygen atoms in total. The van der Waals surface area contributed by atoms with E-state index in [9.17, 15) is 19.2 Å². The molecule has 2 aromatic rings. The number of hydrogen-bond acceptors (Lipinski definition) is 8. The SMILES string of the molecule is CN1CC2(C1)C(N)=N[C@](C)(c1cc(NC(=O)c3ncc(C#N)cc3C3CC3)ccc1F)CS2(O)O. The second kappa shape index (κ2) is 7.99. The van der Waals surface area contributed by atoms with Crippen LogP contribution in [-0.4, -0.2) is 61.4 Å². The number of likely N-dealkylation sites (tertiary alicyclic amines) is 1. The molecule has 1 atom stereocenters. The van der Waals surface area contributed by atoms with Crippen molar-refractivity contribution in [2.75, 3.05) is 31.2 Å². The van der Waals surface area contributed by atoms with E-state index in [1.54, 1.807) is 13.0 Å². The maximum absolute atomic E-state index is 15.0. The van der Waals surface area contributed by atoms with Crippen LogP contribution in [0, 0.1) is 17.1 Å². The third-order valence-electron chi connectivity index (χ3n) is 7.08. The van der Waals surface area contributed by atoms with Crippen LogP contribution in [0.25, 0.3) is 0 Å². The van der Waals surface area contributed by atoms with Crippen LogP contribution in [0.4, 0.5) is 10.1 Å². The van der Waals surface area contributed by atoms with Crippen LogP contribution in [0.2, 0.25) is 0 Å². The summed E-state index contributed by atoms with van der Waals surface area (Å²) in [6, 6.07) is 7.82. The molecule has 3 aliphatic rings. The quantitative estimate of drug-likeness (QED) is 0.506. The predicted octanol–water partition coefficient (Wildman–Crippen LogP) is 3.24. The Kier molecular flexibility index (Phi) is 5.41. The number of hydrogen-bond donors (Lipinski definition) is 4.